The minimum Gasteiger partial charge on any atom is -0.488 e. The second kappa shape index (κ2) is 6.87. The van der Waals surface area contributed by atoms with Crippen molar-refractivity contribution in [2.24, 2.45) is 0 Å². The molecule has 106 valence electrons. The summed E-state index contributed by atoms with van der Waals surface area (Å²) in [5.41, 5.74) is 0.697. The van der Waals surface area contributed by atoms with E-state index in [9.17, 15) is 8.78 Å². The van der Waals surface area contributed by atoms with Crippen molar-refractivity contribution in [2.45, 2.75) is 11.9 Å². The van der Waals surface area contributed by atoms with Gasteiger partial charge in [-0.1, -0.05) is 27.5 Å². The van der Waals surface area contributed by atoms with E-state index in [1.54, 1.807) is 18.2 Å². The average molecular weight is 426 g/mol. The Morgan fingerprint density at radius 2 is 1.90 bits per heavy atom. The van der Waals surface area contributed by atoms with Crippen molar-refractivity contribution in [3.05, 3.63) is 62.6 Å². The molecule has 6 heteroatoms. The Labute approximate surface area is 137 Å². The lowest BCUT2D eigenvalue weighted by atomic mass is 10.2. The molecule has 0 saturated heterocycles. The molecule has 2 aromatic carbocycles. The maximum absolute atomic E-state index is 13.8. The molecular formula is C14H9Br2ClF2O. The Morgan fingerprint density at radius 1 is 1.15 bits per heavy atom. The smallest absolute Gasteiger partial charge is 0.146 e. The van der Waals surface area contributed by atoms with Gasteiger partial charge < -0.3 is 4.74 Å². The maximum Gasteiger partial charge on any atom is 0.146 e. The zero-order chi connectivity index (χ0) is 14.7. The summed E-state index contributed by atoms with van der Waals surface area (Å²) in [6.45, 7) is -0.196. The van der Waals surface area contributed by atoms with E-state index in [1.165, 1.54) is 12.1 Å². The van der Waals surface area contributed by atoms with Gasteiger partial charge in [-0.05, 0) is 46.3 Å². The highest BCUT2D eigenvalue weighted by Crippen LogP contribution is 2.27. The van der Waals surface area contributed by atoms with E-state index in [4.69, 9.17) is 16.3 Å². The van der Waals surface area contributed by atoms with E-state index in [0.29, 0.717) is 16.1 Å². The molecule has 20 heavy (non-hydrogen) atoms. The first kappa shape index (κ1) is 15.7. The largest absolute Gasteiger partial charge is 0.488 e. The molecule has 0 fully saturated rings. The topological polar surface area (TPSA) is 9.23 Å². The molecule has 0 aliphatic carbocycles. The number of benzene rings is 2. The van der Waals surface area contributed by atoms with E-state index in [0.717, 1.165) is 5.56 Å². The van der Waals surface area contributed by atoms with Crippen molar-refractivity contribution < 1.29 is 13.5 Å². The van der Waals surface area contributed by atoms with Crippen LogP contribution in [0.4, 0.5) is 8.78 Å². The van der Waals surface area contributed by atoms with Gasteiger partial charge in [0.25, 0.3) is 0 Å². The van der Waals surface area contributed by atoms with Crippen LogP contribution in [0.2, 0.25) is 5.02 Å². The molecule has 0 bridgehead atoms. The number of hydrogen-bond donors (Lipinski definition) is 0. The summed E-state index contributed by atoms with van der Waals surface area (Å²) in [5.74, 6) is -0.760. The number of hydrogen-bond acceptors (Lipinski definition) is 1. The summed E-state index contributed by atoms with van der Waals surface area (Å²) in [6.07, 6.45) is 0. The van der Waals surface area contributed by atoms with Crippen LogP contribution < -0.4 is 4.74 Å². The average Bonchev–Trinajstić information content (AvgIpc) is 2.44. The second-order valence-electron chi connectivity index (χ2n) is 4.00. The first-order valence-corrected chi connectivity index (χ1v) is 7.91. The van der Waals surface area contributed by atoms with E-state index in [2.05, 4.69) is 31.9 Å². The van der Waals surface area contributed by atoms with Crippen LogP contribution in [0.5, 0.6) is 5.75 Å². The summed E-state index contributed by atoms with van der Waals surface area (Å²) in [6, 6.07) is 7.59. The molecule has 0 unspecified atom stereocenters. The monoisotopic (exact) mass is 424 g/mol. The lowest BCUT2D eigenvalue weighted by molar-refractivity contribution is 0.290. The highest BCUT2D eigenvalue weighted by molar-refractivity contribution is 9.10. The van der Waals surface area contributed by atoms with Crippen molar-refractivity contribution in [2.75, 3.05) is 0 Å². The highest BCUT2D eigenvalue weighted by Gasteiger charge is 2.14. The van der Waals surface area contributed by atoms with E-state index >= 15 is 0 Å². The van der Waals surface area contributed by atoms with Gasteiger partial charge in [-0.15, -0.1) is 0 Å². The van der Waals surface area contributed by atoms with E-state index in [-0.39, 0.29) is 16.6 Å². The van der Waals surface area contributed by atoms with Crippen molar-refractivity contribution in [1.82, 2.24) is 0 Å². The standard InChI is InChI=1S/C14H9Br2ClF2O/c15-6-8-5-9(17)1-4-13(8)20-7-10-12(18)3-2-11(16)14(10)19/h1-5H,6-7H2. The summed E-state index contributed by atoms with van der Waals surface area (Å²) in [7, 11) is 0. The van der Waals surface area contributed by atoms with Crippen LogP contribution in [0.25, 0.3) is 0 Å². The third kappa shape index (κ3) is 3.51. The van der Waals surface area contributed by atoms with Crippen LogP contribution in [0.1, 0.15) is 11.1 Å². The summed E-state index contributed by atoms with van der Waals surface area (Å²) in [5, 5.41) is 1.11. The fraction of sp³-hybridized carbons (Fsp3) is 0.143. The van der Waals surface area contributed by atoms with Gasteiger partial charge in [0.1, 0.15) is 24.0 Å². The van der Waals surface area contributed by atoms with Crippen molar-refractivity contribution in [3.8, 4) is 5.75 Å². The minimum absolute atomic E-state index is 0.116. The zero-order valence-corrected chi connectivity index (χ0v) is 14.0. The van der Waals surface area contributed by atoms with Crippen molar-refractivity contribution in [1.29, 1.82) is 0 Å². The lowest BCUT2D eigenvalue weighted by Gasteiger charge is -2.12. The van der Waals surface area contributed by atoms with Gasteiger partial charge in [-0.2, -0.15) is 0 Å². The first-order valence-electron chi connectivity index (χ1n) is 5.62. The number of ether oxygens (including phenoxy) is 1. The summed E-state index contributed by atoms with van der Waals surface area (Å²) in [4.78, 5) is 0. The lowest BCUT2D eigenvalue weighted by Crippen LogP contribution is -2.03. The Morgan fingerprint density at radius 3 is 2.60 bits per heavy atom. The van der Waals surface area contributed by atoms with E-state index < -0.39 is 11.6 Å². The molecule has 0 amide bonds. The molecule has 2 rings (SSSR count). The van der Waals surface area contributed by atoms with Crippen LogP contribution in [-0.2, 0) is 11.9 Å². The predicted molar refractivity (Wildman–Crippen MR) is 82.5 cm³/mol. The number of halogens is 5. The zero-order valence-electron chi connectivity index (χ0n) is 10.1. The number of alkyl halides is 1. The highest BCUT2D eigenvalue weighted by atomic mass is 79.9. The quantitative estimate of drug-likeness (QED) is 0.440. The predicted octanol–water partition coefficient (Wildman–Crippen LogP) is 5.85. The summed E-state index contributed by atoms with van der Waals surface area (Å²) < 4.78 is 33.1. The molecule has 0 heterocycles. The van der Waals surface area contributed by atoms with Crippen LogP contribution in [0, 0.1) is 11.6 Å². The molecule has 0 aromatic heterocycles. The molecule has 0 N–H and O–H groups in total. The molecule has 0 atom stereocenters. The second-order valence-corrected chi connectivity index (χ2v) is 5.85. The van der Waals surface area contributed by atoms with Crippen LogP contribution >= 0.6 is 43.5 Å². The van der Waals surface area contributed by atoms with E-state index in [1.807, 2.05) is 0 Å². The number of rotatable bonds is 4. The third-order valence-electron chi connectivity index (χ3n) is 2.68. The Kier molecular flexibility index (Phi) is 5.41. The van der Waals surface area contributed by atoms with Crippen LogP contribution in [0.3, 0.4) is 0 Å². The van der Waals surface area contributed by atoms with Gasteiger partial charge in [-0.25, -0.2) is 8.78 Å². The van der Waals surface area contributed by atoms with Crippen LogP contribution in [0.15, 0.2) is 34.8 Å². The van der Waals surface area contributed by atoms with Gasteiger partial charge >= 0.3 is 0 Å². The van der Waals surface area contributed by atoms with Crippen molar-refractivity contribution in [3.63, 3.8) is 0 Å². The Hall–Kier alpha value is -0.650. The molecule has 0 spiro atoms. The Balaban J connectivity index is 2.23. The molecule has 1 nitrogen and oxygen atoms in total. The fourth-order valence-electron chi connectivity index (χ4n) is 1.64. The molecule has 0 aliphatic heterocycles. The molecular weight excluding hydrogens is 417 g/mol. The molecule has 0 radical (unpaired) electrons. The molecule has 0 aliphatic rings. The van der Waals surface area contributed by atoms with Gasteiger partial charge in [0, 0.05) is 15.9 Å². The van der Waals surface area contributed by atoms with Gasteiger partial charge in [0.15, 0.2) is 0 Å². The minimum atomic E-state index is -0.653. The summed E-state index contributed by atoms with van der Waals surface area (Å²) >= 11 is 12.2. The van der Waals surface area contributed by atoms with Gasteiger partial charge in [-0.3, -0.25) is 0 Å². The fourth-order valence-corrected chi connectivity index (χ4v) is 2.65. The van der Waals surface area contributed by atoms with Gasteiger partial charge in [0.2, 0.25) is 0 Å². The molecule has 0 saturated carbocycles. The third-order valence-corrected chi connectivity index (χ3v) is 4.13. The maximum atomic E-state index is 13.8. The molecule has 2 aromatic rings. The van der Waals surface area contributed by atoms with Crippen molar-refractivity contribution >= 4 is 43.5 Å². The normalized spacial score (nSPS) is 10.7. The first-order chi connectivity index (χ1) is 9.52. The van der Waals surface area contributed by atoms with Gasteiger partial charge in [0.05, 0.1) is 10.0 Å². The SMILES string of the molecule is Fc1ccc(Br)c(F)c1COc1ccc(Cl)cc1CBr. The van der Waals surface area contributed by atoms with Crippen LogP contribution in [-0.4, -0.2) is 0 Å². The Bertz CT molecular complexity index is 635.